The summed E-state index contributed by atoms with van der Waals surface area (Å²) in [5.41, 5.74) is 1.90. The Balaban J connectivity index is 1.26. The molecule has 1 fully saturated rings. The Morgan fingerprint density at radius 2 is 1.43 bits per heavy atom. The highest BCUT2D eigenvalue weighted by Gasteiger charge is 2.29. The van der Waals surface area contributed by atoms with E-state index >= 15 is 0 Å². The SMILES string of the molecule is CC[C@H](NC(=O)CN1CCN(CO)CCN(CO)CCN(CC(=O)O)CC1)C(=O)NCCCn1cc(C(=O)NCC(NS(=O)(=O)c2c(C)cc(C)cc2C)C(=O)O)c(=O)c2ccc(CNc3ncc[nH]3)cc21. The number of aliphatic hydroxyl groups is 2. The molecule has 0 spiro atoms. The van der Waals surface area contributed by atoms with Crippen molar-refractivity contribution in [1.29, 1.82) is 0 Å². The number of rotatable bonds is 23. The number of nitrogens with one attached hydrogen (secondary N) is 6. The van der Waals surface area contributed by atoms with Crippen LogP contribution in [0.15, 0.2) is 58.6 Å². The number of aliphatic hydroxyl groups excluding tert-OH is 2. The standard InChI is InChI=1S/C47H68N12O12S/c1-5-37(53-40(62)27-55-13-14-56(28-41(63)64)16-18-58(30-61)20-19-57(29-60)17-15-55)45(67)48-9-6-12-59-26-36(42(65)35-8-7-34(23-39(35)59)24-52-47-49-10-11-50-47)44(66)51-25-38(46(68)69)54-72(70,71)43-32(3)21-31(2)22-33(43)4/h7-8,10-11,21-23,26,37-38,54,60-61H,5-6,9,12-20,24-25,27-30H2,1-4H3,(H,48,67)(H,51,66)(H,53,62)(H,63,64)(H,68,69)(H2,49,50,52)/t37-,38?/m0/s1. The Hall–Kier alpha value is -6.32. The second-order valence-corrected chi connectivity index (χ2v) is 19.4. The molecule has 0 radical (unpaired) electrons. The molecule has 2 aromatic heterocycles. The lowest BCUT2D eigenvalue weighted by molar-refractivity contribution is -0.139. The van der Waals surface area contributed by atoms with Gasteiger partial charge in [0.15, 0.2) is 5.95 Å². The van der Waals surface area contributed by atoms with E-state index in [4.69, 9.17) is 0 Å². The maximum Gasteiger partial charge on any atom is 0.323 e. The van der Waals surface area contributed by atoms with Crippen LogP contribution in [0.4, 0.5) is 5.95 Å². The third-order valence-electron chi connectivity index (χ3n) is 12.3. The van der Waals surface area contributed by atoms with Crippen molar-refractivity contribution in [3.63, 3.8) is 0 Å². The van der Waals surface area contributed by atoms with E-state index in [1.54, 1.807) is 89.7 Å². The summed E-state index contributed by atoms with van der Waals surface area (Å²) in [6.07, 6.45) is 5.14. The number of aryl methyl sites for hydroxylation is 4. The van der Waals surface area contributed by atoms with E-state index < -0.39 is 63.7 Å². The Morgan fingerprint density at radius 3 is 1.99 bits per heavy atom. The van der Waals surface area contributed by atoms with Gasteiger partial charge in [-0.3, -0.25) is 48.4 Å². The summed E-state index contributed by atoms with van der Waals surface area (Å²) in [6, 6.07) is 5.68. The lowest BCUT2D eigenvalue weighted by atomic mass is 10.1. The number of nitrogens with zero attached hydrogens (tertiary/aromatic N) is 6. The van der Waals surface area contributed by atoms with Gasteiger partial charge in [-0.1, -0.05) is 30.7 Å². The van der Waals surface area contributed by atoms with Crippen LogP contribution >= 0.6 is 0 Å². The molecule has 24 nitrogen and oxygen atoms in total. The van der Waals surface area contributed by atoms with Crippen LogP contribution in [0, 0.1) is 20.8 Å². The van der Waals surface area contributed by atoms with Crippen LogP contribution < -0.4 is 31.4 Å². The van der Waals surface area contributed by atoms with E-state index in [9.17, 15) is 57.6 Å². The van der Waals surface area contributed by atoms with Gasteiger partial charge in [-0.05, 0) is 62.4 Å². The van der Waals surface area contributed by atoms with Crippen molar-refractivity contribution < 1.29 is 52.8 Å². The second kappa shape index (κ2) is 26.9. The number of amides is 3. The third kappa shape index (κ3) is 16.4. The highest BCUT2D eigenvalue weighted by Crippen LogP contribution is 2.22. The molecule has 3 heterocycles. The molecule has 3 amide bonds. The first kappa shape index (κ1) is 56.6. The monoisotopic (exact) mass is 1020 g/mol. The maximum atomic E-state index is 13.9. The molecule has 394 valence electrons. The molecule has 10 N–H and O–H groups in total. The van der Waals surface area contributed by atoms with Gasteiger partial charge in [0.25, 0.3) is 5.91 Å². The smallest absolute Gasteiger partial charge is 0.323 e. The number of fused-ring (bicyclic) bond motifs is 1. The molecular weight excluding hydrogens is 957 g/mol. The zero-order valence-corrected chi connectivity index (χ0v) is 42.0. The predicted octanol–water partition coefficient (Wildman–Crippen LogP) is -0.970. The normalized spacial score (nSPS) is 15.8. The number of aromatic amines is 1. The van der Waals surface area contributed by atoms with Crippen molar-refractivity contribution in [2.75, 3.05) is 97.3 Å². The number of carboxylic acids is 2. The highest BCUT2D eigenvalue weighted by molar-refractivity contribution is 7.89. The van der Waals surface area contributed by atoms with Gasteiger partial charge in [-0.2, -0.15) is 4.72 Å². The number of carbonyl (C=O) groups is 5. The van der Waals surface area contributed by atoms with E-state index in [0.29, 0.717) is 87.9 Å². The molecular formula is C47H68N12O12S. The molecule has 25 heteroatoms. The van der Waals surface area contributed by atoms with Crippen molar-refractivity contribution in [1.82, 2.24) is 54.8 Å². The first-order valence-electron chi connectivity index (χ1n) is 23.7. The van der Waals surface area contributed by atoms with Crippen LogP contribution in [0.2, 0.25) is 0 Å². The first-order chi connectivity index (χ1) is 34.3. The van der Waals surface area contributed by atoms with Gasteiger partial charge in [0.2, 0.25) is 27.3 Å². The summed E-state index contributed by atoms with van der Waals surface area (Å²) in [5.74, 6) is -3.85. The number of hydrogen-bond acceptors (Lipinski definition) is 16. The minimum Gasteiger partial charge on any atom is -0.480 e. The number of aromatic nitrogens is 3. The van der Waals surface area contributed by atoms with Gasteiger partial charge >= 0.3 is 11.9 Å². The van der Waals surface area contributed by atoms with E-state index in [0.717, 1.165) is 11.1 Å². The first-order valence-corrected chi connectivity index (χ1v) is 25.2. The van der Waals surface area contributed by atoms with Crippen LogP contribution in [0.3, 0.4) is 0 Å². The molecule has 0 aliphatic carbocycles. The number of imidazole rings is 1. The summed E-state index contributed by atoms with van der Waals surface area (Å²) >= 11 is 0. The molecule has 0 saturated carbocycles. The molecule has 0 bridgehead atoms. The van der Waals surface area contributed by atoms with Gasteiger partial charge < -0.3 is 51.2 Å². The van der Waals surface area contributed by atoms with Crippen LogP contribution in [-0.2, 0) is 42.3 Å². The summed E-state index contributed by atoms with van der Waals surface area (Å²) in [4.78, 5) is 92.7. The predicted molar refractivity (Wildman–Crippen MR) is 267 cm³/mol. The Bertz CT molecular complexity index is 2660. The summed E-state index contributed by atoms with van der Waals surface area (Å²) in [5, 5.41) is 50.7. The van der Waals surface area contributed by atoms with Crippen LogP contribution in [0.25, 0.3) is 10.9 Å². The van der Waals surface area contributed by atoms with Crippen LogP contribution in [0.1, 0.15) is 52.4 Å². The third-order valence-corrected chi connectivity index (χ3v) is 14.1. The molecule has 1 aliphatic rings. The Labute approximate surface area is 417 Å². The summed E-state index contributed by atoms with van der Waals surface area (Å²) < 4.78 is 30.7. The summed E-state index contributed by atoms with van der Waals surface area (Å²) in [7, 11) is -4.36. The lowest BCUT2D eigenvalue weighted by Gasteiger charge is -2.32. The number of carbonyl (C=O) groups excluding carboxylic acids is 3. The van der Waals surface area contributed by atoms with Crippen LogP contribution in [0.5, 0.6) is 0 Å². The Morgan fingerprint density at radius 1 is 0.819 bits per heavy atom. The van der Waals surface area contributed by atoms with E-state index in [-0.39, 0.29) is 61.9 Å². The van der Waals surface area contributed by atoms with Gasteiger partial charge in [0.05, 0.1) is 37.0 Å². The Kier molecular flexibility index (Phi) is 21.2. The van der Waals surface area contributed by atoms with Crippen molar-refractivity contribution in [3.8, 4) is 0 Å². The van der Waals surface area contributed by atoms with E-state index in [2.05, 4.69) is 36.0 Å². The quantitative estimate of drug-likeness (QED) is 0.0400. The topological polar surface area (TPSA) is 324 Å². The van der Waals surface area contributed by atoms with Gasteiger partial charge in [0, 0.05) is 103 Å². The molecule has 72 heavy (non-hydrogen) atoms. The number of aliphatic carboxylic acids is 2. The lowest BCUT2D eigenvalue weighted by Crippen LogP contribution is -2.51. The number of hydrogen-bond donors (Lipinski definition) is 10. The van der Waals surface area contributed by atoms with Crippen molar-refractivity contribution in [2.24, 2.45) is 0 Å². The molecule has 1 unspecified atom stereocenters. The number of benzene rings is 2. The highest BCUT2D eigenvalue weighted by atomic mass is 32.2. The fourth-order valence-corrected chi connectivity index (χ4v) is 10.1. The number of pyridine rings is 1. The fourth-order valence-electron chi connectivity index (χ4n) is 8.50. The molecule has 2 atom stereocenters. The fraction of sp³-hybridized carbons (Fsp3) is 0.511. The van der Waals surface area contributed by atoms with Crippen molar-refractivity contribution >= 4 is 56.5 Å². The van der Waals surface area contributed by atoms with Crippen molar-refractivity contribution in [2.45, 2.75) is 70.6 Å². The number of sulfonamides is 1. The van der Waals surface area contributed by atoms with Crippen molar-refractivity contribution in [3.05, 3.63) is 87.0 Å². The van der Waals surface area contributed by atoms with E-state index in [1.807, 2.05) is 4.90 Å². The minimum atomic E-state index is -4.36. The molecule has 4 aromatic rings. The number of anilines is 1. The minimum absolute atomic E-state index is 0.0771. The van der Waals surface area contributed by atoms with Crippen LogP contribution in [-0.4, -0.2) is 197 Å². The van der Waals surface area contributed by atoms with Gasteiger partial charge in [-0.15, -0.1) is 0 Å². The molecule has 1 aliphatic heterocycles. The average molecular weight is 1030 g/mol. The molecule has 1 saturated heterocycles. The molecule has 2 aromatic carbocycles. The zero-order chi connectivity index (χ0) is 52.5. The largest absolute Gasteiger partial charge is 0.480 e. The molecule has 5 rings (SSSR count). The average Bonchev–Trinajstić information content (AvgIpc) is 3.85. The maximum absolute atomic E-state index is 13.9. The second-order valence-electron chi connectivity index (χ2n) is 17.8. The zero-order valence-electron chi connectivity index (χ0n) is 41.1. The van der Waals surface area contributed by atoms with Gasteiger partial charge in [-0.25, -0.2) is 13.4 Å². The summed E-state index contributed by atoms with van der Waals surface area (Å²) in [6.45, 7) is 8.95. The number of H-pyrrole nitrogens is 1. The number of carboxylic acid groups (broad SMARTS) is 2. The van der Waals surface area contributed by atoms with E-state index in [1.165, 1.54) is 6.20 Å². The van der Waals surface area contributed by atoms with Gasteiger partial charge in [0.1, 0.15) is 17.6 Å².